The minimum Gasteiger partial charge on any atom is -0.310 e. The van der Waals surface area contributed by atoms with Crippen LogP contribution in [0.25, 0.3) is 5.82 Å². The zero-order valence-corrected chi connectivity index (χ0v) is 12.3. The molecule has 0 bridgehead atoms. The smallest absolute Gasteiger partial charge is 0.142 e. The topological polar surface area (TPSA) is 42.7 Å². The Kier molecular flexibility index (Phi) is 3.83. The zero-order valence-electron chi connectivity index (χ0n) is 12.3. The third-order valence-electron chi connectivity index (χ3n) is 4.05. The van der Waals surface area contributed by atoms with Crippen molar-refractivity contribution < 1.29 is 0 Å². The molecule has 0 aliphatic heterocycles. The highest BCUT2D eigenvalue weighted by atomic mass is 15.1. The quantitative estimate of drug-likeness (QED) is 0.929. The summed E-state index contributed by atoms with van der Waals surface area (Å²) >= 11 is 0. The second kappa shape index (κ2) is 5.75. The summed E-state index contributed by atoms with van der Waals surface area (Å²) < 4.78 is 2.19. The number of aromatic nitrogens is 3. The van der Waals surface area contributed by atoms with Crippen LogP contribution in [0.3, 0.4) is 0 Å². The van der Waals surface area contributed by atoms with E-state index in [1.165, 1.54) is 29.8 Å². The molecule has 1 aliphatic carbocycles. The van der Waals surface area contributed by atoms with E-state index in [1.807, 2.05) is 18.6 Å². The lowest BCUT2D eigenvalue weighted by Gasteiger charge is -2.19. The molecule has 2 heterocycles. The van der Waals surface area contributed by atoms with Crippen molar-refractivity contribution in [2.24, 2.45) is 0 Å². The molecule has 3 rings (SSSR count). The van der Waals surface area contributed by atoms with Crippen molar-refractivity contribution in [1.29, 1.82) is 0 Å². The van der Waals surface area contributed by atoms with Gasteiger partial charge in [-0.1, -0.05) is 13.0 Å². The second-order valence-corrected chi connectivity index (χ2v) is 5.41. The van der Waals surface area contributed by atoms with E-state index in [1.54, 1.807) is 0 Å². The number of aryl methyl sites for hydroxylation is 1. The molecule has 0 aromatic carbocycles. The van der Waals surface area contributed by atoms with Gasteiger partial charge in [0.05, 0.1) is 5.69 Å². The summed E-state index contributed by atoms with van der Waals surface area (Å²) in [4.78, 5) is 9.20. The molecule has 106 valence electrons. The summed E-state index contributed by atoms with van der Waals surface area (Å²) in [5.74, 6) is 1.02. The predicted molar refractivity (Wildman–Crippen MR) is 80.1 cm³/mol. The van der Waals surface area contributed by atoms with Crippen LogP contribution in [-0.2, 0) is 12.8 Å². The predicted octanol–water partition coefficient (Wildman–Crippen LogP) is 2.82. The number of fused-ring (bicyclic) bond motifs is 1. The molecule has 1 atom stereocenters. The number of pyridine rings is 1. The average Bonchev–Trinajstić information content (AvgIpc) is 2.91. The van der Waals surface area contributed by atoms with Gasteiger partial charge in [0, 0.05) is 23.5 Å². The van der Waals surface area contributed by atoms with Crippen molar-refractivity contribution in [2.75, 3.05) is 6.54 Å². The number of hydrogen-bond donors (Lipinski definition) is 1. The van der Waals surface area contributed by atoms with Crippen molar-refractivity contribution in [3.63, 3.8) is 0 Å². The normalized spacial score (nSPS) is 15.9. The van der Waals surface area contributed by atoms with E-state index in [0.717, 1.165) is 25.2 Å². The summed E-state index contributed by atoms with van der Waals surface area (Å²) in [6.07, 6.45) is 8.54. The molecule has 0 saturated heterocycles. The second-order valence-electron chi connectivity index (χ2n) is 5.41. The molecule has 20 heavy (non-hydrogen) atoms. The highest BCUT2D eigenvalue weighted by Crippen LogP contribution is 2.26. The Hall–Kier alpha value is -1.68. The van der Waals surface area contributed by atoms with Gasteiger partial charge in [-0.2, -0.15) is 0 Å². The van der Waals surface area contributed by atoms with Crippen LogP contribution in [0.2, 0.25) is 0 Å². The number of nitrogens with zero attached hydrogens (tertiary/aromatic N) is 3. The van der Waals surface area contributed by atoms with E-state index >= 15 is 0 Å². The van der Waals surface area contributed by atoms with Crippen LogP contribution in [0.4, 0.5) is 0 Å². The molecule has 2 aromatic rings. The first-order valence-corrected chi connectivity index (χ1v) is 7.55. The Balaban J connectivity index is 2.04. The van der Waals surface area contributed by atoms with E-state index in [-0.39, 0.29) is 0 Å². The van der Waals surface area contributed by atoms with Crippen LogP contribution in [0, 0.1) is 0 Å². The fourth-order valence-electron chi connectivity index (χ4n) is 3.02. The monoisotopic (exact) mass is 270 g/mol. The number of hydrogen-bond acceptors (Lipinski definition) is 3. The van der Waals surface area contributed by atoms with Gasteiger partial charge in [-0.25, -0.2) is 9.97 Å². The van der Waals surface area contributed by atoms with Crippen LogP contribution in [-0.4, -0.2) is 21.1 Å². The number of nitrogens with one attached hydrogen (secondary N) is 1. The summed E-state index contributed by atoms with van der Waals surface area (Å²) in [6, 6.07) is 4.46. The maximum Gasteiger partial charge on any atom is 0.142 e. The van der Waals surface area contributed by atoms with Crippen LogP contribution in [0.15, 0.2) is 24.7 Å². The maximum absolute atomic E-state index is 4.62. The van der Waals surface area contributed by atoms with E-state index in [4.69, 9.17) is 0 Å². The molecule has 0 amide bonds. The molecule has 1 N–H and O–H groups in total. The molecule has 1 aliphatic rings. The molecule has 2 aromatic heterocycles. The molecule has 0 spiro atoms. The van der Waals surface area contributed by atoms with Gasteiger partial charge in [-0.15, -0.1) is 0 Å². The average molecular weight is 270 g/mol. The Morgan fingerprint density at radius 1 is 1.30 bits per heavy atom. The summed E-state index contributed by atoms with van der Waals surface area (Å²) in [6.45, 7) is 5.27. The van der Waals surface area contributed by atoms with Gasteiger partial charge < -0.3 is 5.32 Å². The summed E-state index contributed by atoms with van der Waals surface area (Å²) in [5, 5.41) is 3.47. The molecular weight excluding hydrogens is 248 g/mol. The Morgan fingerprint density at radius 3 is 3.00 bits per heavy atom. The number of imidazole rings is 1. The minimum atomic E-state index is 0.297. The molecular formula is C16H22N4. The van der Waals surface area contributed by atoms with E-state index in [2.05, 4.69) is 39.8 Å². The fourth-order valence-corrected chi connectivity index (χ4v) is 3.02. The van der Waals surface area contributed by atoms with Gasteiger partial charge in [0.15, 0.2) is 0 Å². The first-order chi connectivity index (χ1) is 9.81. The summed E-state index contributed by atoms with van der Waals surface area (Å²) in [5.41, 5.74) is 3.84. The van der Waals surface area contributed by atoms with Crippen molar-refractivity contribution in [2.45, 2.75) is 45.6 Å². The van der Waals surface area contributed by atoms with Crippen LogP contribution in [0.5, 0.6) is 0 Å². The maximum atomic E-state index is 4.62. The van der Waals surface area contributed by atoms with Crippen molar-refractivity contribution in [1.82, 2.24) is 19.9 Å². The lowest BCUT2D eigenvalue weighted by Crippen LogP contribution is -2.20. The Labute approximate surface area is 120 Å². The van der Waals surface area contributed by atoms with Crippen LogP contribution < -0.4 is 5.32 Å². The van der Waals surface area contributed by atoms with E-state index in [9.17, 15) is 0 Å². The van der Waals surface area contributed by atoms with E-state index < -0.39 is 0 Å². The van der Waals surface area contributed by atoms with Gasteiger partial charge in [-0.3, -0.25) is 4.57 Å². The molecule has 0 saturated carbocycles. The first-order valence-electron chi connectivity index (χ1n) is 7.55. The van der Waals surface area contributed by atoms with Crippen molar-refractivity contribution in [3.05, 3.63) is 41.6 Å². The fraction of sp³-hybridized carbons (Fsp3) is 0.500. The molecule has 4 nitrogen and oxygen atoms in total. The third kappa shape index (κ3) is 2.36. The highest BCUT2D eigenvalue weighted by molar-refractivity contribution is 5.39. The van der Waals surface area contributed by atoms with E-state index in [0.29, 0.717) is 6.04 Å². The minimum absolute atomic E-state index is 0.297. The highest BCUT2D eigenvalue weighted by Gasteiger charge is 2.19. The van der Waals surface area contributed by atoms with Gasteiger partial charge in [0.1, 0.15) is 12.1 Å². The molecule has 0 fully saturated rings. The molecule has 0 radical (unpaired) electrons. The lowest BCUT2D eigenvalue weighted by atomic mass is 10.0. The Morgan fingerprint density at radius 2 is 2.15 bits per heavy atom. The van der Waals surface area contributed by atoms with Crippen LogP contribution in [0.1, 0.15) is 49.7 Å². The van der Waals surface area contributed by atoms with Crippen LogP contribution >= 0.6 is 0 Å². The first kappa shape index (κ1) is 13.3. The SMILES string of the molecule is CCNC(C)c1cccnc1-n1cnc2c1CCCC2. The van der Waals surface area contributed by atoms with Gasteiger partial charge in [0.25, 0.3) is 0 Å². The van der Waals surface area contributed by atoms with Gasteiger partial charge in [0.2, 0.25) is 0 Å². The lowest BCUT2D eigenvalue weighted by molar-refractivity contribution is 0.590. The van der Waals surface area contributed by atoms with Crippen molar-refractivity contribution >= 4 is 0 Å². The van der Waals surface area contributed by atoms with Gasteiger partial charge >= 0.3 is 0 Å². The number of rotatable bonds is 4. The Bertz CT molecular complexity index is 588. The summed E-state index contributed by atoms with van der Waals surface area (Å²) in [7, 11) is 0. The largest absolute Gasteiger partial charge is 0.310 e. The molecule has 4 heteroatoms. The zero-order chi connectivity index (χ0) is 13.9. The van der Waals surface area contributed by atoms with Gasteiger partial charge in [-0.05, 0) is 45.2 Å². The standard InChI is InChI=1S/C16H22N4/c1-3-17-12(2)13-7-6-10-18-16(13)20-11-19-14-8-4-5-9-15(14)20/h6-7,10-12,17H,3-5,8-9H2,1-2H3. The molecule has 1 unspecified atom stereocenters. The third-order valence-corrected chi connectivity index (χ3v) is 4.05. The van der Waals surface area contributed by atoms with Crippen molar-refractivity contribution in [3.8, 4) is 5.82 Å².